The predicted molar refractivity (Wildman–Crippen MR) is 142 cm³/mol. The molecule has 0 saturated heterocycles. The summed E-state index contributed by atoms with van der Waals surface area (Å²) in [4.78, 5) is 51.9. The van der Waals surface area contributed by atoms with Crippen molar-refractivity contribution in [2.75, 3.05) is 18.1 Å². The standard InChI is InChI=1S/C27H20N6O3S/c1-13-3-5-15-16(21(13)32-25(34)19-11-37-23-22(19)30-12-31-24(23)28)7-8-29-20(15)10-14-4-6-17-18(9-14)27(36)33(2)26(17)35/h3-9,11-12H,10H2,1-2H3,(H,32,34)(H2,28,30,31). The number of nitrogens with two attached hydrogens (primary N) is 1. The normalized spacial score (nSPS) is 13.0. The van der Waals surface area contributed by atoms with E-state index in [2.05, 4.69) is 20.3 Å². The van der Waals surface area contributed by atoms with Gasteiger partial charge in [-0.25, -0.2) is 9.97 Å². The van der Waals surface area contributed by atoms with Gasteiger partial charge in [0.2, 0.25) is 0 Å². The monoisotopic (exact) mass is 508 g/mol. The number of benzene rings is 2. The lowest BCUT2D eigenvalue weighted by Crippen LogP contribution is -2.24. The molecular formula is C27H20N6O3S. The largest absolute Gasteiger partial charge is 0.382 e. The molecule has 5 aromatic rings. The van der Waals surface area contributed by atoms with Gasteiger partial charge >= 0.3 is 0 Å². The van der Waals surface area contributed by atoms with E-state index in [9.17, 15) is 14.4 Å². The van der Waals surface area contributed by atoms with Gasteiger partial charge in [0.25, 0.3) is 17.7 Å². The van der Waals surface area contributed by atoms with E-state index in [-0.39, 0.29) is 17.7 Å². The second-order valence-corrected chi connectivity index (χ2v) is 9.76. The number of hydrogen-bond acceptors (Lipinski definition) is 8. The Balaban J connectivity index is 1.36. The van der Waals surface area contributed by atoms with Crippen molar-refractivity contribution in [2.24, 2.45) is 0 Å². The second-order valence-electron chi connectivity index (χ2n) is 8.88. The van der Waals surface area contributed by atoms with E-state index in [1.807, 2.05) is 31.2 Å². The number of rotatable bonds is 4. The molecule has 1 aliphatic heterocycles. The number of nitrogens with zero attached hydrogens (tertiary/aromatic N) is 4. The molecule has 37 heavy (non-hydrogen) atoms. The third kappa shape index (κ3) is 3.61. The first-order valence-corrected chi connectivity index (χ1v) is 12.3. The minimum Gasteiger partial charge on any atom is -0.382 e. The van der Waals surface area contributed by atoms with Crippen LogP contribution in [0, 0.1) is 6.92 Å². The minimum atomic E-state index is -0.304. The van der Waals surface area contributed by atoms with Crippen molar-refractivity contribution in [3.63, 3.8) is 0 Å². The first kappa shape index (κ1) is 22.7. The van der Waals surface area contributed by atoms with E-state index in [1.165, 1.54) is 24.7 Å². The summed E-state index contributed by atoms with van der Waals surface area (Å²) in [6.45, 7) is 1.93. The topological polar surface area (TPSA) is 131 Å². The fourth-order valence-corrected chi connectivity index (χ4v) is 5.56. The highest BCUT2D eigenvalue weighted by atomic mass is 32.1. The molecule has 4 heterocycles. The molecule has 3 amide bonds. The zero-order valence-electron chi connectivity index (χ0n) is 19.9. The van der Waals surface area contributed by atoms with E-state index in [1.54, 1.807) is 23.7 Å². The smallest absolute Gasteiger partial charge is 0.261 e. The van der Waals surface area contributed by atoms with Gasteiger partial charge in [0.1, 0.15) is 12.1 Å². The molecule has 182 valence electrons. The molecule has 0 aliphatic carbocycles. The van der Waals surface area contributed by atoms with Gasteiger partial charge in [-0.1, -0.05) is 18.2 Å². The molecule has 3 aromatic heterocycles. The van der Waals surface area contributed by atoms with Crippen LogP contribution < -0.4 is 11.1 Å². The molecule has 10 heteroatoms. The van der Waals surface area contributed by atoms with Gasteiger partial charge in [-0.3, -0.25) is 24.3 Å². The SMILES string of the molecule is Cc1ccc2c(Cc3ccc4c(c3)C(=O)N(C)C4=O)nccc2c1NC(=O)c1csc2c(N)ncnc12. The maximum atomic E-state index is 13.3. The van der Waals surface area contributed by atoms with E-state index in [0.717, 1.165) is 32.5 Å². The van der Waals surface area contributed by atoms with Crippen LogP contribution in [-0.2, 0) is 6.42 Å². The van der Waals surface area contributed by atoms with Crippen LogP contribution in [0.4, 0.5) is 11.5 Å². The fraction of sp³-hybridized carbons (Fsp3) is 0.111. The van der Waals surface area contributed by atoms with Gasteiger partial charge in [0, 0.05) is 35.8 Å². The van der Waals surface area contributed by atoms with Crippen LogP contribution in [-0.4, -0.2) is 44.6 Å². The number of fused-ring (bicyclic) bond motifs is 3. The molecule has 9 nitrogen and oxygen atoms in total. The van der Waals surface area contributed by atoms with E-state index < -0.39 is 0 Å². The summed E-state index contributed by atoms with van der Waals surface area (Å²) >= 11 is 1.33. The Bertz CT molecular complexity index is 1790. The molecule has 0 unspecified atom stereocenters. The third-order valence-electron chi connectivity index (χ3n) is 6.63. The van der Waals surface area contributed by atoms with Crippen LogP contribution >= 0.6 is 11.3 Å². The van der Waals surface area contributed by atoms with Gasteiger partial charge in [0.05, 0.1) is 38.3 Å². The number of anilines is 2. The summed E-state index contributed by atoms with van der Waals surface area (Å²) in [6.07, 6.45) is 3.51. The Hall–Kier alpha value is -4.70. The maximum absolute atomic E-state index is 13.3. The number of amides is 3. The summed E-state index contributed by atoms with van der Waals surface area (Å²) in [5.74, 6) is -0.542. The number of carbonyl (C=O) groups excluding carboxylic acids is 3. The van der Waals surface area contributed by atoms with Crippen LogP contribution in [0.2, 0.25) is 0 Å². The summed E-state index contributed by atoms with van der Waals surface area (Å²) < 4.78 is 0.675. The molecule has 6 rings (SSSR count). The lowest BCUT2D eigenvalue weighted by Gasteiger charge is -2.14. The van der Waals surface area contributed by atoms with Crippen molar-refractivity contribution in [3.05, 3.63) is 87.8 Å². The number of pyridine rings is 1. The Morgan fingerprint density at radius 2 is 1.84 bits per heavy atom. The van der Waals surface area contributed by atoms with Crippen molar-refractivity contribution < 1.29 is 14.4 Å². The maximum Gasteiger partial charge on any atom is 0.261 e. The molecule has 0 atom stereocenters. The Labute approximate surface area is 215 Å². The summed E-state index contributed by atoms with van der Waals surface area (Å²) in [5.41, 5.74) is 10.9. The zero-order chi connectivity index (χ0) is 25.8. The van der Waals surface area contributed by atoms with Crippen LogP contribution in [0.5, 0.6) is 0 Å². The lowest BCUT2D eigenvalue weighted by atomic mass is 9.98. The van der Waals surface area contributed by atoms with Gasteiger partial charge in [-0.15, -0.1) is 11.3 Å². The second kappa shape index (κ2) is 8.45. The highest BCUT2D eigenvalue weighted by molar-refractivity contribution is 7.18. The lowest BCUT2D eigenvalue weighted by molar-refractivity contribution is 0.0692. The van der Waals surface area contributed by atoms with Crippen molar-refractivity contribution in [1.82, 2.24) is 19.9 Å². The molecule has 1 aliphatic rings. The van der Waals surface area contributed by atoms with Crippen LogP contribution in [0.1, 0.15) is 47.9 Å². The Morgan fingerprint density at radius 1 is 1.03 bits per heavy atom. The van der Waals surface area contributed by atoms with Crippen LogP contribution in [0.25, 0.3) is 21.0 Å². The number of carbonyl (C=O) groups is 3. The first-order chi connectivity index (χ1) is 17.8. The quantitative estimate of drug-likeness (QED) is 0.348. The number of nitrogen functional groups attached to an aromatic ring is 1. The minimum absolute atomic E-state index is 0.288. The van der Waals surface area contributed by atoms with E-state index >= 15 is 0 Å². The zero-order valence-corrected chi connectivity index (χ0v) is 20.7. The van der Waals surface area contributed by atoms with Crippen molar-refractivity contribution in [1.29, 1.82) is 0 Å². The number of nitrogens with one attached hydrogen (secondary N) is 1. The molecule has 0 fully saturated rings. The van der Waals surface area contributed by atoms with Crippen molar-refractivity contribution in [2.45, 2.75) is 13.3 Å². The molecule has 3 N–H and O–H groups in total. The molecule has 0 saturated carbocycles. The van der Waals surface area contributed by atoms with Gasteiger partial charge in [-0.05, 0) is 36.2 Å². The number of thiophene rings is 1. The number of aromatic nitrogens is 3. The number of aryl methyl sites for hydroxylation is 1. The Morgan fingerprint density at radius 3 is 2.68 bits per heavy atom. The van der Waals surface area contributed by atoms with Crippen molar-refractivity contribution >= 4 is 61.6 Å². The van der Waals surface area contributed by atoms with Gasteiger partial charge in [-0.2, -0.15) is 0 Å². The average molecular weight is 509 g/mol. The third-order valence-corrected chi connectivity index (χ3v) is 7.62. The van der Waals surface area contributed by atoms with Crippen LogP contribution in [0.15, 0.2) is 54.3 Å². The van der Waals surface area contributed by atoms with Gasteiger partial charge < -0.3 is 11.1 Å². The average Bonchev–Trinajstić information content (AvgIpc) is 3.42. The number of hydrogen-bond donors (Lipinski definition) is 2. The highest BCUT2D eigenvalue weighted by Crippen LogP contribution is 2.33. The highest BCUT2D eigenvalue weighted by Gasteiger charge is 2.32. The molecular weight excluding hydrogens is 488 g/mol. The summed E-state index contributed by atoms with van der Waals surface area (Å²) in [7, 11) is 1.48. The summed E-state index contributed by atoms with van der Waals surface area (Å²) in [6, 6.07) is 11.1. The van der Waals surface area contributed by atoms with Gasteiger partial charge in [0.15, 0.2) is 0 Å². The van der Waals surface area contributed by atoms with E-state index in [0.29, 0.717) is 44.8 Å². The molecule has 0 bridgehead atoms. The molecule has 2 aromatic carbocycles. The molecule has 0 radical (unpaired) electrons. The first-order valence-electron chi connectivity index (χ1n) is 11.4. The fourth-order valence-electron chi connectivity index (χ4n) is 4.65. The van der Waals surface area contributed by atoms with E-state index in [4.69, 9.17) is 5.73 Å². The predicted octanol–water partition coefficient (Wildman–Crippen LogP) is 4.20. The molecule has 0 spiro atoms. The van der Waals surface area contributed by atoms with Crippen molar-refractivity contribution in [3.8, 4) is 0 Å². The Kier molecular flexibility index (Phi) is 5.20. The summed E-state index contributed by atoms with van der Waals surface area (Å²) in [5, 5.41) is 6.52. The van der Waals surface area contributed by atoms with Crippen LogP contribution in [0.3, 0.4) is 0 Å². The number of imide groups is 1.